The summed E-state index contributed by atoms with van der Waals surface area (Å²) in [6.45, 7) is 5.32. The van der Waals surface area contributed by atoms with Gasteiger partial charge in [-0.15, -0.1) is 0 Å². The molecule has 0 unspecified atom stereocenters. The molecule has 3 aromatic carbocycles. The van der Waals surface area contributed by atoms with E-state index in [9.17, 15) is 19.5 Å². The van der Waals surface area contributed by atoms with Crippen molar-refractivity contribution in [2.75, 3.05) is 17.2 Å². The Bertz CT molecular complexity index is 1610. The molecule has 10 nitrogen and oxygen atoms in total. The zero-order valence-corrected chi connectivity index (χ0v) is 22.7. The van der Waals surface area contributed by atoms with Gasteiger partial charge in [0.1, 0.15) is 12.2 Å². The lowest BCUT2D eigenvalue weighted by molar-refractivity contribution is -0.121. The first-order chi connectivity index (χ1) is 19.7. The number of aromatic hydroxyl groups is 1. The molecule has 4 aromatic rings. The van der Waals surface area contributed by atoms with Crippen LogP contribution < -0.4 is 27.2 Å². The number of benzene rings is 3. The minimum absolute atomic E-state index is 0.0526. The Kier molecular flexibility index (Phi) is 9.16. The second-order valence-corrected chi connectivity index (χ2v) is 9.45. The molecule has 0 spiro atoms. The molecule has 0 saturated heterocycles. The number of carbonyl (C=O) groups is 2. The summed E-state index contributed by atoms with van der Waals surface area (Å²) >= 11 is 0. The predicted molar refractivity (Wildman–Crippen MR) is 160 cm³/mol. The van der Waals surface area contributed by atoms with Crippen LogP contribution >= 0.6 is 0 Å². The number of rotatable bonds is 11. The van der Waals surface area contributed by atoms with E-state index in [1.165, 1.54) is 11.5 Å². The van der Waals surface area contributed by atoms with Gasteiger partial charge in [0.15, 0.2) is 5.82 Å². The minimum Gasteiger partial charge on any atom is -0.492 e. The van der Waals surface area contributed by atoms with Gasteiger partial charge in [-0.25, -0.2) is 0 Å². The van der Waals surface area contributed by atoms with Crippen molar-refractivity contribution in [1.29, 1.82) is 0 Å². The average Bonchev–Trinajstić information content (AvgIpc) is 2.95. The van der Waals surface area contributed by atoms with Crippen LogP contribution in [0.3, 0.4) is 0 Å². The number of anilines is 2. The normalized spacial score (nSPS) is 10.6. The molecule has 0 saturated carbocycles. The molecule has 0 radical (unpaired) electrons. The van der Waals surface area contributed by atoms with Crippen LogP contribution in [0.4, 0.5) is 11.5 Å². The topological polar surface area (TPSA) is 151 Å². The van der Waals surface area contributed by atoms with E-state index in [1.807, 2.05) is 54.6 Å². The second-order valence-electron chi connectivity index (χ2n) is 9.45. The summed E-state index contributed by atoms with van der Waals surface area (Å²) in [5, 5.41) is 19.5. The van der Waals surface area contributed by atoms with Gasteiger partial charge in [-0.05, 0) is 35.2 Å². The molecule has 1 aromatic heterocycles. The standard InChI is InChI=1S/C31H32N6O4/c1-20(32)24-13-11-23(12-14-24)18-34-27(39)19-37-28(25-9-6-10-26(17-25)35-21(2)38)30(40)36-29(31(37)41)33-16-15-22-7-4-3-5-8-22/h3-14,17,40H,1,15-16,18-19,32H2,2H3,(H,33,36)(H,34,39)(H,35,38). The summed E-state index contributed by atoms with van der Waals surface area (Å²) in [7, 11) is 0. The summed E-state index contributed by atoms with van der Waals surface area (Å²) in [6, 6.07) is 23.6. The Labute approximate surface area is 237 Å². The van der Waals surface area contributed by atoms with Gasteiger partial charge >= 0.3 is 0 Å². The van der Waals surface area contributed by atoms with E-state index in [2.05, 4.69) is 27.5 Å². The fourth-order valence-corrected chi connectivity index (χ4v) is 4.26. The monoisotopic (exact) mass is 552 g/mol. The minimum atomic E-state index is -0.572. The van der Waals surface area contributed by atoms with Gasteiger partial charge in [0.05, 0.1) is 0 Å². The van der Waals surface area contributed by atoms with Crippen molar-refractivity contribution in [2.24, 2.45) is 5.73 Å². The SMILES string of the molecule is C=C(N)c1ccc(CNC(=O)Cn2c(-c3cccc(NC(C)=O)c3)c(O)nc(NCCc3ccccc3)c2=O)cc1. The lowest BCUT2D eigenvalue weighted by Gasteiger charge is -2.17. The Balaban J connectivity index is 1.61. The summed E-state index contributed by atoms with van der Waals surface area (Å²) < 4.78 is 1.18. The number of nitrogens with one attached hydrogen (secondary N) is 3. The highest BCUT2D eigenvalue weighted by atomic mass is 16.3. The van der Waals surface area contributed by atoms with Crippen molar-refractivity contribution in [2.45, 2.75) is 26.4 Å². The van der Waals surface area contributed by atoms with Crippen LogP contribution in [0.25, 0.3) is 17.0 Å². The number of carbonyl (C=O) groups excluding carboxylic acids is 2. The first-order valence-corrected chi connectivity index (χ1v) is 13.0. The van der Waals surface area contributed by atoms with Crippen LogP contribution in [0.2, 0.25) is 0 Å². The predicted octanol–water partition coefficient (Wildman–Crippen LogP) is 3.47. The number of hydrogen-bond donors (Lipinski definition) is 5. The van der Waals surface area contributed by atoms with Crippen LogP contribution in [0.5, 0.6) is 5.88 Å². The Morgan fingerprint density at radius 2 is 1.73 bits per heavy atom. The summed E-state index contributed by atoms with van der Waals surface area (Å²) in [5.41, 5.74) is 9.20. The van der Waals surface area contributed by atoms with E-state index in [4.69, 9.17) is 5.73 Å². The molecular weight excluding hydrogens is 520 g/mol. The molecule has 2 amide bonds. The number of amides is 2. The van der Waals surface area contributed by atoms with Gasteiger partial charge in [-0.2, -0.15) is 4.98 Å². The van der Waals surface area contributed by atoms with Crippen molar-refractivity contribution < 1.29 is 14.7 Å². The molecular formula is C31H32N6O4. The van der Waals surface area contributed by atoms with Crippen LogP contribution in [-0.2, 0) is 29.1 Å². The molecule has 0 bridgehead atoms. The maximum Gasteiger partial charge on any atom is 0.294 e. The van der Waals surface area contributed by atoms with Crippen molar-refractivity contribution in [1.82, 2.24) is 14.9 Å². The molecule has 0 aliphatic rings. The molecule has 10 heteroatoms. The zero-order chi connectivity index (χ0) is 29.4. The van der Waals surface area contributed by atoms with E-state index in [1.54, 1.807) is 24.3 Å². The molecule has 1 heterocycles. The van der Waals surface area contributed by atoms with Crippen LogP contribution in [0, 0.1) is 0 Å². The third-order valence-electron chi connectivity index (χ3n) is 6.27. The first kappa shape index (κ1) is 28.6. The quantitative estimate of drug-likeness (QED) is 0.191. The number of nitrogens with two attached hydrogens (primary N) is 1. The molecule has 210 valence electrons. The van der Waals surface area contributed by atoms with Gasteiger partial charge in [0, 0.05) is 37.0 Å². The third kappa shape index (κ3) is 7.60. The number of hydrogen-bond acceptors (Lipinski definition) is 7. The highest BCUT2D eigenvalue weighted by molar-refractivity contribution is 5.89. The number of nitrogens with zero attached hydrogens (tertiary/aromatic N) is 2. The molecule has 6 N–H and O–H groups in total. The Morgan fingerprint density at radius 1 is 1.00 bits per heavy atom. The smallest absolute Gasteiger partial charge is 0.294 e. The summed E-state index contributed by atoms with van der Waals surface area (Å²) in [4.78, 5) is 42.3. The van der Waals surface area contributed by atoms with Gasteiger partial charge in [0.2, 0.25) is 17.7 Å². The van der Waals surface area contributed by atoms with Gasteiger partial charge in [-0.1, -0.05) is 73.3 Å². The highest BCUT2D eigenvalue weighted by Gasteiger charge is 2.20. The molecule has 0 aliphatic heterocycles. The summed E-state index contributed by atoms with van der Waals surface area (Å²) in [5.74, 6) is -1.23. The maximum absolute atomic E-state index is 13.6. The number of aromatic nitrogens is 2. The fourth-order valence-electron chi connectivity index (χ4n) is 4.26. The van der Waals surface area contributed by atoms with E-state index in [0.29, 0.717) is 29.9 Å². The summed E-state index contributed by atoms with van der Waals surface area (Å²) in [6.07, 6.45) is 0.625. The Hall–Kier alpha value is -5.38. The van der Waals surface area contributed by atoms with Crippen LogP contribution in [0.15, 0.2) is 90.2 Å². The van der Waals surface area contributed by atoms with Crippen molar-refractivity contribution in [3.63, 3.8) is 0 Å². The van der Waals surface area contributed by atoms with Crippen molar-refractivity contribution >= 4 is 29.0 Å². The van der Waals surface area contributed by atoms with Crippen molar-refractivity contribution in [3.05, 3.63) is 112 Å². The van der Waals surface area contributed by atoms with E-state index >= 15 is 0 Å². The fraction of sp³-hybridized carbons (Fsp3) is 0.161. The molecule has 4 rings (SSSR count). The van der Waals surface area contributed by atoms with E-state index in [-0.39, 0.29) is 30.5 Å². The average molecular weight is 553 g/mol. The van der Waals surface area contributed by atoms with Gasteiger partial charge < -0.3 is 26.8 Å². The molecule has 41 heavy (non-hydrogen) atoms. The van der Waals surface area contributed by atoms with Crippen molar-refractivity contribution in [3.8, 4) is 17.1 Å². The van der Waals surface area contributed by atoms with E-state index < -0.39 is 17.3 Å². The van der Waals surface area contributed by atoms with E-state index in [0.717, 1.165) is 16.7 Å². The maximum atomic E-state index is 13.6. The lowest BCUT2D eigenvalue weighted by Crippen LogP contribution is -2.34. The molecule has 0 aliphatic carbocycles. The van der Waals surface area contributed by atoms with Crippen LogP contribution in [-0.4, -0.2) is 33.0 Å². The molecule has 0 atom stereocenters. The third-order valence-corrected chi connectivity index (χ3v) is 6.27. The highest BCUT2D eigenvalue weighted by Crippen LogP contribution is 2.29. The van der Waals surface area contributed by atoms with Gasteiger partial charge in [-0.3, -0.25) is 19.0 Å². The lowest BCUT2D eigenvalue weighted by atomic mass is 10.1. The van der Waals surface area contributed by atoms with Crippen LogP contribution in [0.1, 0.15) is 23.6 Å². The largest absolute Gasteiger partial charge is 0.492 e. The zero-order valence-electron chi connectivity index (χ0n) is 22.7. The Morgan fingerprint density at radius 3 is 2.41 bits per heavy atom. The van der Waals surface area contributed by atoms with Gasteiger partial charge in [0.25, 0.3) is 5.56 Å². The molecule has 0 fully saturated rings. The first-order valence-electron chi connectivity index (χ1n) is 13.0. The second kappa shape index (κ2) is 13.1.